The van der Waals surface area contributed by atoms with Gasteiger partial charge in [-0.1, -0.05) is 63.3 Å². The molecule has 1 aromatic carbocycles. The molecular formula is C19H28O3. The van der Waals surface area contributed by atoms with Crippen molar-refractivity contribution in [3.05, 3.63) is 35.4 Å². The maximum absolute atomic E-state index is 12.3. The van der Waals surface area contributed by atoms with Crippen LogP contribution in [0.15, 0.2) is 24.3 Å². The first-order valence-corrected chi connectivity index (χ1v) is 8.45. The largest absolute Gasteiger partial charge is 0.466 e. The lowest BCUT2D eigenvalue weighted by Crippen LogP contribution is -2.11. The Morgan fingerprint density at radius 2 is 1.64 bits per heavy atom. The van der Waals surface area contributed by atoms with Crippen molar-refractivity contribution >= 4 is 11.8 Å². The summed E-state index contributed by atoms with van der Waals surface area (Å²) in [5, 5.41) is 0. The number of Topliss-reactive ketones (excluding diaryl/α,β-unsaturated/α-hetero) is 1. The summed E-state index contributed by atoms with van der Waals surface area (Å²) in [4.78, 5) is 24.0. The second kappa shape index (κ2) is 11.0. The van der Waals surface area contributed by atoms with E-state index in [1.807, 2.05) is 24.3 Å². The van der Waals surface area contributed by atoms with Crippen molar-refractivity contribution in [3.63, 3.8) is 0 Å². The Bertz CT molecular complexity index is 466. The van der Waals surface area contributed by atoms with Gasteiger partial charge >= 0.3 is 5.97 Å². The average molecular weight is 304 g/mol. The van der Waals surface area contributed by atoms with Crippen molar-refractivity contribution < 1.29 is 14.3 Å². The van der Waals surface area contributed by atoms with E-state index in [2.05, 4.69) is 6.92 Å². The zero-order chi connectivity index (χ0) is 16.2. The Morgan fingerprint density at radius 1 is 0.955 bits per heavy atom. The van der Waals surface area contributed by atoms with E-state index in [9.17, 15) is 9.59 Å². The molecule has 0 atom stereocenters. The second-order valence-electron chi connectivity index (χ2n) is 5.58. The van der Waals surface area contributed by atoms with Crippen molar-refractivity contribution in [2.45, 2.75) is 65.2 Å². The van der Waals surface area contributed by atoms with Crippen LogP contribution in [0.1, 0.15) is 74.7 Å². The highest BCUT2D eigenvalue weighted by molar-refractivity contribution is 5.98. The highest BCUT2D eigenvalue weighted by Gasteiger charge is 2.13. The zero-order valence-electron chi connectivity index (χ0n) is 13.9. The number of ether oxygens (including phenoxy) is 1. The molecule has 0 radical (unpaired) electrons. The van der Waals surface area contributed by atoms with E-state index in [-0.39, 0.29) is 18.2 Å². The molecule has 0 aliphatic rings. The lowest BCUT2D eigenvalue weighted by molar-refractivity contribution is -0.142. The predicted octanol–water partition coefficient (Wildman–Crippen LogP) is 4.73. The first-order valence-electron chi connectivity index (χ1n) is 8.45. The second-order valence-corrected chi connectivity index (χ2v) is 5.58. The number of ketones is 1. The number of benzene rings is 1. The molecule has 0 aliphatic carbocycles. The molecule has 122 valence electrons. The van der Waals surface area contributed by atoms with Crippen molar-refractivity contribution in [2.24, 2.45) is 0 Å². The van der Waals surface area contributed by atoms with E-state index in [1.165, 1.54) is 25.7 Å². The number of rotatable bonds is 11. The third kappa shape index (κ3) is 6.88. The van der Waals surface area contributed by atoms with Crippen molar-refractivity contribution in [3.8, 4) is 0 Å². The van der Waals surface area contributed by atoms with Gasteiger partial charge in [-0.25, -0.2) is 0 Å². The summed E-state index contributed by atoms with van der Waals surface area (Å²) < 4.78 is 4.97. The van der Waals surface area contributed by atoms with E-state index in [1.54, 1.807) is 6.92 Å². The Hall–Kier alpha value is -1.64. The third-order valence-electron chi connectivity index (χ3n) is 3.72. The Kier molecular flexibility index (Phi) is 9.20. The van der Waals surface area contributed by atoms with Gasteiger partial charge in [0.25, 0.3) is 0 Å². The van der Waals surface area contributed by atoms with Crippen LogP contribution in [0.25, 0.3) is 0 Å². The van der Waals surface area contributed by atoms with Gasteiger partial charge in [-0.2, -0.15) is 0 Å². The van der Waals surface area contributed by atoms with Crippen LogP contribution >= 0.6 is 0 Å². The van der Waals surface area contributed by atoms with Gasteiger partial charge in [-0.15, -0.1) is 0 Å². The number of unbranched alkanes of at least 4 members (excludes halogenated alkanes) is 5. The molecule has 0 bridgehead atoms. The molecule has 3 nitrogen and oxygen atoms in total. The van der Waals surface area contributed by atoms with Gasteiger partial charge in [0.2, 0.25) is 0 Å². The van der Waals surface area contributed by atoms with E-state index < -0.39 is 0 Å². The van der Waals surface area contributed by atoms with E-state index in [4.69, 9.17) is 4.74 Å². The molecule has 0 saturated heterocycles. The molecule has 1 aromatic rings. The minimum Gasteiger partial charge on any atom is -0.466 e. The van der Waals surface area contributed by atoms with E-state index in [0.717, 1.165) is 18.4 Å². The summed E-state index contributed by atoms with van der Waals surface area (Å²) in [6, 6.07) is 7.36. The molecule has 22 heavy (non-hydrogen) atoms. The van der Waals surface area contributed by atoms with Gasteiger partial charge in [0.15, 0.2) is 5.78 Å². The number of carbonyl (C=O) groups is 2. The lowest BCUT2D eigenvalue weighted by Gasteiger charge is -2.08. The number of hydrogen-bond acceptors (Lipinski definition) is 3. The van der Waals surface area contributed by atoms with Gasteiger partial charge in [-0.3, -0.25) is 9.59 Å². The zero-order valence-corrected chi connectivity index (χ0v) is 13.9. The number of esters is 1. The maximum atomic E-state index is 12.3. The molecule has 0 unspecified atom stereocenters. The average Bonchev–Trinajstić information content (AvgIpc) is 2.51. The fourth-order valence-electron chi connectivity index (χ4n) is 2.51. The smallest absolute Gasteiger partial charge is 0.310 e. The topological polar surface area (TPSA) is 43.4 Å². The van der Waals surface area contributed by atoms with Gasteiger partial charge in [0.1, 0.15) is 0 Å². The van der Waals surface area contributed by atoms with Crippen LogP contribution in [0.3, 0.4) is 0 Å². The monoisotopic (exact) mass is 304 g/mol. The quantitative estimate of drug-likeness (QED) is 0.337. The molecule has 0 amide bonds. The fourth-order valence-corrected chi connectivity index (χ4v) is 2.51. The van der Waals surface area contributed by atoms with Crippen LogP contribution < -0.4 is 0 Å². The Labute approximate surface area is 134 Å². The molecule has 0 heterocycles. The van der Waals surface area contributed by atoms with E-state index in [0.29, 0.717) is 18.6 Å². The lowest BCUT2D eigenvalue weighted by atomic mass is 9.97. The third-order valence-corrected chi connectivity index (χ3v) is 3.72. The first-order chi connectivity index (χ1) is 10.7. The summed E-state index contributed by atoms with van der Waals surface area (Å²) in [5.74, 6) is -0.141. The molecule has 0 aliphatic heterocycles. The predicted molar refractivity (Wildman–Crippen MR) is 89.1 cm³/mol. The van der Waals surface area contributed by atoms with Crippen LogP contribution in [0.5, 0.6) is 0 Å². The fraction of sp³-hybridized carbons (Fsp3) is 0.579. The van der Waals surface area contributed by atoms with Crippen molar-refractivity contribution in [1.82, 2.24) is 0 Å². The van der Waals surface area contributed by atoms with Crippen molar-refractivity contribution in [1.29, 1.82) is 0 Å². The SMILES string of the molecule is CCCCCCCCC(=O)c1ccccc1CC(=O)OCC. The summed E-state index contributed by atoms with van der Waals surface area (Å²) in [5.41, 5.74) is 1.45. The molecule has 0 fully saturated rings. The summed E-state index contributed by atoms with van der Waals surface area (Å²) in [6.45, 7) is 4.35. The van der Waals surface area contributed by atoms with Crippen LogP contribution in [-0.2, 0) is 16.0 Å². The van der Waals surface area contributed by atoms with Crippen LogP contribution in [-0.4, -0.2) is 18.4 Å². The molecule has 0 N–H and O–H groups in total. The normalized spacial score (nSPS) is 10.5. The van der Waals surface area contributed by atoms with Crippen molar-refractivity contribution in [2.75, 3.05) is 6.61 Å². The van der Waals surface area contributed by atoms with Gasteiger partial charge in [0, 0.05) is 12.0 Å². The minimum atomic E-state index is -0.276. The number of hydrogen-bond donors (Lipinski definition) is 0. The molecule has 1 rings (SSSR count). The minimum absolute atomic E-state index is 0.135. The first kappa shape index (κ1) is 18.4. The van der Waals surface area contributed by atoms with E-state index >= 15 is 0 Å². The van der Waals surface area contributed by atoms with Crippen LogP contribution in [0.2, 0.25) is 0 Å². The molecule has 3 heteroatoms. The highest BCUT2D eigenvalue weighted by Crippen LogP contribution is 2.15. The molecule has 0 spiro atoms. The Balaban J connectivity index is 2.49. The summed E-state index contributed by atoms with van der Waals surface area (Å²) in [7, 11) is 0. The maximum Gasteiger partial charge on any atom is 0.310 e. The summed E-state index contributed by atoms with van der Waals surface area (Å²) in [6.07, 6.45) is 7.73. The van der Waals surface area contributed by atoms with Crippen LogP contribution in [0, 0.1) is 0 Å². The van der Waals surface area contributed by atoms with Gasteiger partial charge in [0.05, 0.1) is 13.0 Å². The summed E-state index contributed by atoms with van der Waals surface area (Å²) >= 11 is 0. The molecular weight excluding hydrogens is 276 g/mol. The standard InChI is InChI=1S/C19H28O3/c1-3-5-6-7-8-9-14-18(20)17-13-11-10-12-16(17)15-19(21)22-4-2/h10-13H,3-9,14-15H2,1-2H3. The Morgan fingerprint density at radius 3 is 2.36 bits per heavy atom. The highest BCUT2D eigenvalue weighted by atomic mass is 16.5. The number of carbonyl (C=O) groups excluding carboxylic acids is 2. The van der Waals surface area contributed by atoms with Gasteiger partial charge < -0.3 is 4.74 Å². The molecule has 0 saturated carbocycles. The molecule has 0 aromatic heterocycles. The van der Waals surface area contributed by atoms with Gasteiger partial charge in [-0.05, 0) is 18.9 Å². The van der Waals surface area contributed by atoms with Crippen LogP contribution in [0.4, 0.5) is 0 Å².